The van der Waals surface area contributed by atoms with Crippen molar-refractivity contribution >= 4 is 12.1 Å². The third kappa shape index (κ3) is 3.47. The highest BCUT2D eigenvalue weighted by molar-refractivity contribution is 5.89. The van der Waals surface area contributed by atoms with Crippen LogP contribution in [0.4, 0.5) is 0 Å². The van der Waals surface area contributed by atoms with E-state index in [2.05, 4.69) is 34.8 Å². The first-order valence-corrected chi connectivity index (χ1v) is 9.47. The molecule has 3 aromatic rings. The van der Waals surface area contributed by atoms with E-state index in [0.29, 0.717) is 11.3 Å². The second kappa shape index (κ2) is 7.80. The van der Waals surface area contributed by atoms with Crippen molar-refractivity contribution in [1.82, 2.24) is 5.43 Å². The minimum atomic E-state index is -0.333. The summed E-state index contributed by atoms with van der Waals surface area (Å²) in [6.07, 6.45) is 2.15. The van der Waals surface area contributed by atoms with Gasteiger partial charge in [0.2, 0.25) is 5.91 Å². The maximum atomic E-state index is 12.9. The molecule has 0 saturated heterocycles. The van der Waals surface area contributed by atoms with Gasteiger partial charge in [-0.15, -0.1) is 0 Å². The lowest BCUT2D eigenvalue weighted by atomic mass is 9.85. The summed E-state index contributed by atoms with van der Waals surface area (Å²) in [7, 11) is 1.48. The standard InChI is InChI=1S/C24H22N2O3/c1-29-21-14-8-9-17(22(21)27)16-25-26-23(28)20-15-24(20,18-10-4-2-5-11-18)19-12-6-3-7-13-19/h2-14,16,20,27H,15H2,1H3,(H,26,28)/b25-16+. The first-order chi connectivity index (χ1) is 14.2. The van der Waals surface area contributed by atoms with Gasteiger partial charge in [-0.3, -0.25) is 4.79 Å². The molecule has 0 aliphatic heterocycles. The van der Waals surface area contributed by atoms with Gasteiger partial charge in [0.25, 0.3) is 0 Å². The van der Waals surface area contributed by atoms with Gasteiger partial charge in [0.05, 0.1) is 19.2 Å². The Hall–Kier alpha value is -3.60. The normalized spacial score (nSPS) is 17.1. The van der Waals surface area contributed by atoms with Crippen LogP contribution in [0.5, 0.6) is 11.5 Å². The zero-order valence-electron chi connectivity index (χ0n) is 16.1. The molecule has 29 heavy (non-hydrogen) atoms. The first kappa shape index (κ1) is 18.7. The van der Waals surface area contributed by atoms with E-state index >= 15 is 0 Å². The number of methoxy groups -OCH3 is 1. The lowest BCUT2D eigenvalue weighted by Crippen LogP contribution is -2.25. The summed E-state index contributed by atoms with van der Waals surface area (Å²) in [6, 6.07) is 25.3. The van der Waals surface area contributed by atoms with Gasteiger partial charge in [0, 0.05) is 11.0 Å². The Labute approximate surface area is 169 Å². The molecule has 1 amide bonds. The maximum absolute atomic E-state index is 12.9. The molecule has 146 valence electrons. The van der Waals surface area contributed by atoms with Gasteiger partial charge >= 0.3 is 0 Å². The molecule has 4 rings (SSSR count). The van der Waals surface area contributed by atoms with E-state index in [1.807, 2.05) is 36.4 Å². The molecule has 1 aliphatic carbocycles. The highest BCUT2D eigenvalue weighted by Crippen LogP contribution is 2.58. The quantitative estimate of drug-likeness (QED) is 0.499. The number of phenols is 1. The molecule has 0 aromatic heterocycles. The number of amides is 1. The molecule has 0 radical (unpaired) electrons. The van der Waals surface area contributed by atoms with Crippen LogP contribution in [0.3, 0.4) is 0 Å². The summed E-state index contributed by atoms with van der Waals surface area (Å²) in [6.45, 7) is 0. The van der Waals surface area contributed by atoms with Crippen molar-refractivity contribution in [2.45, 2.75) is 11.8 Å². The molecule has 1 aliphatic rings. The highest BCUT2D eigenvalue weighted by Gasteiger charge is 2.60. The number of ether oxygens (including phenoxy) is 1. The smallest absolute Gasteiger partial charge is 0.244 e. The molecule has 2 N–H and O–H groups in total. The van der Waals surface area contributed by atoms with Crippen molar-refractivity contribution < 1.29 is 14.6 Å². The van der Waals surface area contributed by atoms with Gasteiger partial charge in [-0.05, 0) is 29.7 Å². The zero-order valence-corrected chi connectivity index (χ0v) is 16.1. The van der Waals surface area contributed by atoms with Crippen LogP contribution in [-0.2, 0) is 10.2 Å². The number of nitrogens with zero attached hydrogens (tertiary/aromatic N) is 1. The van der Waals surface area contributed by atoms with Gasteiger partial charge in [0.1, 0.15) is 0 Å². The van der Waals surface area contributed by atoms with Gasteiger partial charge in [-0.1, -0.05) is 66.7 Å². The number of hydrogen-bond donors (Lipinski definition) is 2. The Bertz CT molecular complexity index is 993. The Morgan fingerprint density at radius 1 is 1.03 bits per heavy atom. The predicted molar refractivity (Wildman–Crippen MR) is 112 cm³/mol. The fourth-order valence-corrected chi connectivity index (χ4v) is 3.91. The minimum absolute atomic E-state index is 0.0117. The van der Waals surface area contributed by atoms with Crippen molar-refractivity contribution in [3.05, 3.63) is 95.6 Å². The maximum Gasteiger partial charge on any atom is 0.244 e. The fourth-order valence-electron chi connectivity index (χ4n) is 3.91. The minimum Gasteiger partial charge on any atom is -0.504 e. The van der Waals surface area contributed by atoms with Crippen LogP contribution in [0.2, 0.25) is 0 Å². The van der Waals surface area contributed by atoms with Crippen LogP contribution < -0.4 is 10.2 Å². The molecule has 1 unspecified atom stereocenters. The van der Waals surface area contributed by atoms with Gasteiger partial charge in [-0.2, -0.15) is 5.10 Å². The van der Waals surface area contributed by atoms with Crippen molar-refractivity contribution in [2.75, 3.05) is 7.11 Å². The molecule has 1 atom stereocenters. The summed E-state index contributed by atoms with van der Waals surface area (Å²) < 4.78 is 5.09. The van der Waals surface area contributed by atoms with E-state index < -0.39 is 0 Å². The molecule has 0 bridgehead atoms. The number of para-hydroxylation sites is 1. The number of aromatic hydroxyl groups is 1. The van der Waals surface area contributed by atoms with E-state index in [4.69, 9.17) is 4.74 Å². The van der Waals surface area contributed by atoms with E-state index in [1.165, 1.54) is 13.3 Å². The summed E-state index contributed by atoms with van der Waals surface area (Å²) in [5.41, 5.74) is 5.02. The second-order valence-corrected chi connectivity index (χ2v) is 7.09. The molecule has 1 fully saturated rings. The summed E-state index contributed by atoms with van der Waals surface area (Å²) in [4.78, 5) is 12.9. The monoisotopic (exact) mass is 386 g/mol. The number of nitrogens with one attached hydrogen (secondary N) is 1. The van der Waals surface area contributed by atoms with Crippen LogP contribution in [0.1, 0.15) is 23.1 Å². The number of carbonyl (C=O) groups is 1. The van der Waals surface area contributed by atoms with Crippen molar-refractivity contribution in [3.8, 4) is 11.5 Å². The lowest BCUT2D eigenvalue weighted by Gasteiger charge is -2.18. The van der Waals surface area contributed by atoms with Crippen molar-refractivity contribution in [2.24, 2.45) is 11.0 Å². The third-order valence-electron chi connectivity index (χ3n) is 5.48. The molecule has 5 nitrogen and oxygen atoms in total. The number of hydrazone groups is 1. The number of carbonyl (C=O) groups excluding carboxylic acids is 1. The average molecular weight is 386 g/mol. The molecular formula is C24H22N2O3. The van der Waals surface area contributed by atoms with Crippen LogP contribution in [-0.4, -0.2) is 24.3 Å². The van der Waals surface area contributed by atoms with Crippen molar-refractivity contribution in [3.63, 3.8) is 0 Å². The number of phenolic OH excluding ortho intramolecular Hbond substituents is 1. The van der Waals surface area contributed by atoms with Crippen LogP contribution in [0.15, 0.2) is 84.0 Å². The second-order valence-electron chi connectivity index (χ2n) is 7.09. The molecule has 0 heterocycles. The summed E-state index contributed by atoms with van der Waals surface area (Å²) in [5, 5.41) is 14.2. The zero-order chi connectivity index (χ0) is 20.3. The predicted octanol–water partition coefficient (Wildman–Crippen LogP) is 3.86. The van der Waals surface area contributed by atoms with Crippen LogP contribution >= 0.6 is 0 Å². The SMILES string of the molecule is COc1cccc(/C=N/NC(=O)C2CC2(c2ccccc2)c2ccccc2)c1O. The number of benzene rings is 3. The van der Waals surface area contributed by atoms with Gasteiger partial charge in [-0.25, -0.2) is 5.43 Å². The first-order valence-electron chi connectivity index (χ1n) is 9.47. The molecular weight excluding hydrogens is 364 g/mol. The molecule has 3 aromatic carbocycles. The van der Waals surface area contributed by atoms with E-state index in [0.717, 1.165) is 17.5 Å². The largest absolute Gasteiger partial charge is 0.504 e. The average Bonchev–Trinajstić information content (AvgIpc) is 3.53. The number of rotatable bonds is 6. The van der Waals surface area contributed by atoms with Crippen LogP contribution in [0, 0.1) is 5.92 Å². The molecule has 1 saturated carbocycles. The van der Waals surface area contributed by atoms with Crippen LogP contribution in [0.25, 0.3) is 0 Å². The Balaban J connectivity index is 1.54. The lowest BCUT2D eigenvalue weighted by molar-refractivity contribution is -0.122. The Kier molecular flexibility index (Phi) is 5.04. The highest BCUT2D eigenvalue weighted by atomic mass is 16.5. The van der Waals surface area contributed by atoms with Crippen molar-refractivity contribution in [1.29, 1.82) is 0 Å². The van der Waals surface area contributed by atoms with Gasteiger partial charge in [0.15, 0.2) is 11.5 Å². The molecule has 5 heteroatoms. The van der Waals surface area contributed by atoms with E-state index in [9.17, 15) is 9.90 Å². The van der Waals surface area contributed by atoms with E-state index in [-0.39, 0.29) is 23.0 Å². The molecule has 0 spiro atoms. The Morgan fingerprint density at radius 3 is 2.24 bits per heavy atom. The third-order valence-corrected chi connectivity index (χ3v) is 5.48. The topological polar surface area (TPSA) is 70.9 Å². The van der Waals surface area contributed by atoms with Gasteiger partial charge < -0.3 is 9.84 Å². The summed E-state index contributed by atoms with van der Waals surface area (Å²) in [5.74, 6) is -0.00308. The van der Waals surface area contributed by atoms with E-state index in [1.54, 1.807) is 18.2 Å². The number of hydrogen-bond acceptors (Lipinski definition) is 4. The summed E-state index contributed by atoms with van der Waals surface area (Å²) >= 11 is 0. The Morgan fingerprint density at radius 2 is 1.66 bits per heavy atom. The fraction of sp³-hybridized carbons (Fsp3) is 0.167.